The van der Waals surface area contributed by atoms with Crippen LogP contribution >= 0.6 is 0 Å². The molecule has 9 nitrogen and oxygen atoms in total. The van der Waals surface area contributed by atoms with E-state index in [4.69, 9.17) is 23.9 Å². The Hall–Kier alpha value is -3.75. The molecule has 0 radical (unpaired) electrons. The Labute approximate surface area is 217 Å². The number of nitrogens with one attached hydrogen (secondary N) is 2. The van der Waals surface area contributed by atoms with Gasteiger partial charge in [0.05, 0.1) is 32.9 Å². The van der Waals surface area contributed by atoms with Crippen LogP contribution < -0.4 is 24.8 Å². The van der Waals surface area contributed by atoms with Crippen LogP contribution in [-0.2, 0) is 4.74 Å². The minimum atomic E-state index is -0.545. The van der Waals surface area contributed by atoms with Gasteiger partial charge in [0.1, 0.15) is 22.8 Å². The molecule has 0 bridgehead atoms. The zero-order chi connectivity index (χ0) is 26.6. The average molecular weight is 509 g/mol. The summed E-state index contributed by atoms with van der Waals surface area (Å²) in [6.45, 7) is 5.57. The summed E-state index contributed by atoms with van der Waals surface area (Å²) in [5, 5.41) is 7.34. The second-order valence-electron chi connectivity index (χ2n) is 10.2. The van der Waals surface area contributed by atoms with Crippen molar-refractivity contribution in [3.05, 3.63) is 36.5 Å². The topological polar surface area (TPSA) is 104 Å². The summed E-state index contributed by atoms with van der Waals surface area (Å²) < 4.78 is 22.1. The first-order chi connectivity index (χ1) is 17.7. The van der Waals surface area contributed by atoms with Crippen molar-refractivity contribution in [2.24, 2.45) is 0 Å². The van der Waals surface area contributed by atoms with Crippen molar-refractivity contribution < 1.29 is 23.7 Å². The maximum atomic E-state index is 12.4. The number of amides is 1. The molecule has 2 N–H and O–H groups in total. The lowest BCUT2D eigenvalue weighted by Gasteiger charge is -2.33. The van der Waals surface area contributed by atoms with Crippen molar-refractivity contribution in [2.45, 2.75) is 64.1 Å². The molecular formula is C28H36N4O5. The van der Waals surface area contributed by atoms with Crippen molar-refractivity contribution in [1.29, 1.82) is 0 Å². The molecule has 1 aliphatic carbocycles. The highest BCUT2D eigenvalue weighted by Gasteiger charge is 2.29. The highest BCUT2D eigenvalue weighted by molar-refractivity contribution is 5.89. The number of carbonyl (C=O) groups is 1. The van der Waals surface area contributed by atoms with Crippen molar-refractivity contribution in [3.63, 3.8) is 0 Å². The Morgan fingerprint density at radius 1 is 0.919 bits per heavy atom. The fourth-order valence-corrected chi connectivity index (χ4v) is 4.59. The first kappa shape index (κ1) is 26.3. The number of nitrogens with zero attached hydrogens (tertiary/aromatic N) is 2. The number of rotatable bonds is 7. The summed E-state index contributed by atoms with van der Waals surface area (Å²) in [5.74, 6) is 2.56. The molecule has 37 heavy (non-hydrogen) atoms. The molecular weight excluding hydrogens is 472 g/mol. The van der Waals surface area contributed by atoms with Gasteiger partial charge in [0, 0.05) is 35.3 Å². The molecule has 1 fully saturated rings. The molecule has 0 spiro atoms. The molecule has 1 saturated carbocycles. The average Bonchev–Trinajstić information content (AvgIpc) is 2.87. The molecule has 2 atom stereocenters. The molecule has 2 aromatic carbocycles. The van der Waals surface area contributed by atoms with Crippen molar-refractivity contribution in [2.75, 3.05) is 26.6 Å². The maximum Gasteiger partial charge on any atom is 0.407 e. The first-order valence-electron chi connectivity index (χ1n) is 12.5. The Balaban J connectivity index is 1.59. The Morgan fingerprint density at radius 3 is 2.22 bits per heavy atom. The molecule has 2 unspecified atom stereocenters. The summed E-state index contributed by atoms with van der Waals surface area (Å²) in [7, 11) is 4.88. The van der Waals surface area contributed by atoms with Crippen LogP contribution in [0.4, 0.5) is 10.7 Å². The molecule has 0 aliphatic heterocycles. The fraction of sp³-hybridized carbons (Fsp3) is 0.464. The molecule has 9 heteroatoms. The van der Waals surface area contributed by atoms with Gasteiger partial charge in [-0.05, 0) is 57.4 Å². The molecule has 1 aromatic heterocycles. The molecule has 1 aliphatic rings. The van der Waals surface area contributed by atoms with Crippen LogP contribution in [0.3, 0.4) is 0 Å². The molecule has 198 valence electrons. The van der Waals surface area contributed by atoms with E-state index in [-0.39, 0.29) is 12.1 Å². The van der Waals surface area contributed by atoms with Crippen molar-refractivity contribution >= 4 is 22.9 Å². The van der Waals surface area contributed by atoms with Gasteiger partial charge in [-0.1, -0.05) is 12.8 Å². The molecule has 4 rings (SSSR count). The monoisotopic (exact) mass is 508 g/mol. The number of hydrogen-bond acceptors (Lipinski definition) is 8. The Kier molecular flexibility index (Phi) is 7.90. The summed E-state index contributed by atoms with van der Waals surface area (Å²) >= 11 is 0. The number of alkyl carbamates (subject to hydrolysis) is 1. The van der Waals surface area contributed by atoms with E-state index in [1.54, 1.807) is 27.5 Å². The largest absolute Gasteiger partial charge is 0.497 e. The van der Waals surface area contributed by atoms with E-state index in [1.807, 2.05) is 51.1 Å². The lowest BCUT2D eigenvalue weighted by atomic mass is 9.90. The second-order valence-corrected chi connectivity index (χ2v) is 10.2. The number of methoxy groups -OCH3 is 3. The number of ether oxygens (including phenoxy) is 4. The van der Waals surface area contributed by atoms with Crippen LogP contribution in [0.5, 0.6) is 17.2 Å². The van der Waals surface area contributed by atoms with Crippen molar-refractivity contribution in [1.82, 2.24) is 15.3 Å². The van der Waals surface area contributed by atoms with Gasteiger partial charge in [0.25, 0.3) is 0 Å². The third-order valence-corrected chi connectivity index (χ3v) is 6.35. The van der Waals surface area contributed by atoms with Crippen LogP contribution in [0.2, 0.25) is 0 Å². The Bertz CT molecular complexity index is 1240. The standard InChI is InChI=1S/C28H36N4O5/c1-28(2,3)37-27(33)32-23-10-8-7-9-22(23)30-26-29-16-18-13-21(25(36-6)15-24(18)31-26)17-11-19(34-4)14-20(12-17)35-5/h11-16,22-23H,7-10H2,1-6H3,(H,32,33)(H,29,30,31). The highest BCUT2D eigenvalue weighted by Crippen LogP contribution is 2.37. The van der Waals surface area contributed by atoms with E-state index in [0.29, 0.717) is 23.2 Å². The molecule has 1 amide bonds. The zero-order valence-corrected chi connectivity index (χ0v) is 22.4. The van der Waals surface area contributed by atoms with E-state index >= 15 is 0 Å². The fourth-order valence-electron chi connectivity index (χ4n) is 4.59. The number of hydrogen-bond donors (Lipinski definition) is 2. The van der Waals surface area contributed by atoms with Gasteiger partial charge in [0.2, 0.25) is 5.95 Å². The van der Waals surface area contributed by atoms with Gasteiger partial charge < -0.3 is 29.6 Å². The van der Waals surface area contributed by atoms with Crippen molar-refractivity contribution in [3.8, 4) is 28.4 Å². The van der Waals surface area contributed by atoms with Crippen LogP contribution in [0, 0.1) is 0 Å². The lowest BCUT2D eigenvalue weighted by Crippen LogP contribution is -2.50. The zero-order valence-electron chi connectivity index (χ0n) is 22.4. The van der Waals surface area contributed by atoms with E-state index in [2.05, 4.69) is 15.6 Å². The van der Waals surface area contributed by atoms with Gasteiger partial charge in [-0.25, -0.2) is 14.8 Å². The summed E-state index contributed by atoms with van der Waals surface area (Å²) in [6.07, 6.45) is 5.28. The van der Waals surface area contributed by atoms with Crippen LogP contribution in [0.15, 0.2) is 36.5 Å². The van der Waals surface area contributed by atoms with E-state index in [9.17, 15) is 4.79 Å². The third-order valence-electron chi connectivity index (χ3n) is 6.35. The van der Waals surface area contributed by atoms with E-state index in [0.717, 1.165) is 47.7 Å². The maximum absolute atomic E-state index is 12.4. The lowest BCUT2D eigenvalue weighted by molar-refractivity contribution is 0.0488. The Morgan fingerprint density at radius 2 is 1.59 bits per heavy atom. The van der Waals surface area contributed by atoms with E-state index in [1.165, 1.54) is 0 Å². The smallest absolute Gasteiger partial charge is 0.407 e. The molecule has 3 aromatic rings. The first-order valence-corrected chi connectivity index (χ1v) is 12.5. The second kappa shape index (κ2) is 11.1. The molecule has 0 saturated heterocycles. The minimum Gasteiger partial charge on any atom is -0.497 e. The number of carbonyl (C=O) groups excluding carboxylic acids is 1. The highest BCUT2D eigenvalue weighted by atomic mass is 16.6. The predicted molar refractivity (Wildman–Crippen MR) is 144 cm³/mol. The SMILES string of the molecule is COc1cc(OC)cc(-c2cc3cnc(NC4CCCCC4NC(=O)OC(C)(C)C)nc3cc2OC)c1. The summed E-state index contributed by atoms with van der Waals surface area (Å²) in [4.78, 5) is 21.7. The molecule has 1 heterocycles. The number of fused-ring (bicyclic) bond motifs is 1. The minimum absolute atomic E-state index is 0.00383. The third kappa shape index (κ3) is 6.53. The number of aromatic nitrogens is 2. The number of anilines is 1. The predicted octanol–water partition coefficient (Wildman–Crippen LogP) is 5.57. The van der Waals surface area contributed by atoms with Gasteiger partial charge in [-0.15, -0.1) is 0 Å². The van der Waals surface area contributed by atoms with Gasteiger partial charge in [-0.2, -0.15) is 0 Å². The number of benzene rings is 2. The van der Waals surface area contributed by atoms with Gasteiger partial charge >= 0.3 is 6.09 Å². The quantitative estimate of drug-likeness (QED) is 0.427. The van der Waals surface area contributed by atoms with E-state index < -0.39 is 11.7 Å². The van der Waals surface area contributed by atoms with Crippen LogP contribution in [0.1, 0.15) is 46.5 Å². The van der Waals surface area contributed by atoms with Gasteiger partial charge in [-0.3, -0.25) is 0 Å². The summed E-state index contributed by atoms with van der Waals surface area (Å²) in [5.41, 5.74) is 1.98. The van der Waals surface area contributed by atoms with Gasteiger partial charge in [0.15, 0.2) is 0 Å². The summed E-state index contributed by atoms with van der Waals surface area (Å²) in [6, 6.07) is 9.54. The van der Waals surface area contributed by atoms with Crippen LogP contribution in [0.25, 0.3) is 22.0 Å². The normalized spacial score (nSPS) is 17.7. The van der Waals surface area contributed by atoms with Crippen LogP contribution in [-0.4, -0.2) is 55.1 Å².